The topological polar surface area (TPSA) is 53.3 Å². The summed E-state index contributed by atoms with van der Waals surface area (Å²) in [6.45, 7) is 0.838. The number of nitrogens with zero attached hydrogens (tertiary/aromatic N) is 2. The molecule has 0 bridgehead atoms. The van der Waals surface area contributed by atoms with Gasteiger partial charge in [0.2, 0.25) is 5.91 Å². The van der Waals surface area contributed by atoms with E-state index in [-0.39, 0.29) is 5.91 Å². The monoisotopic (exact) mass is 294 g/mol. The quantitative estimate of drug-likeness (QED) is 0.823. The van der Waals surface area contributed by atoms with Crippen molar-refractivity contribution in [2.75, 3.05) is 13.7 Å². The van der Waals surface area contributed by atoms with Crippen molar-refractivity contribution >= 4 is 5.91 Å². The minimum Gasteiger partial charge on any atom is -0.493 e. The van der Waals surface area contributed by atoms with Crippen LogP contribution in [0, 0.1) is 11.3 Å². The van der Waals surface area contributed by atoms with Gasteiger partial charge < -0.3 is 9.64 Å². The average Bonchev–Trinajstić information content (AvgIpc) is 2.56. The lowest BCUT2D eigenvalue weighted by molar-refractivity contribution is -0.130. The number of rotatable bonds is 6. The van der Waals surface area contributed by atoms with Gasteiger partial charge in [-0.05, 0) is 29.8 Å². The fraction of sp³-hybridized carbons (Fsp3) is 0.222. The number of hydrogen-bond acceptors (Lipinski definition) is 3. The molecule has 1 amide bonds. The van der Waals surface area contributed by atoms with E-state index in [9.17, 15) is 4.79 Å². The third kappa shape index (κ3) is 4.64. The first kappa shape index (κ1) is 15.6. The van der Waals surface area contributed by atoms with Crippen molar-refractivity contribution in [2.24, 2.45) is 0 Å². The van der Waals surface area contributed by atoms with Crippen LogP contribution >= 0.6 is 0 Å². The Labute approximate surface area is 130 Å². The summed E-state index contributed by atoms with van der Waals surface area (Å²) in [5, 5.41) is 8.88. The van der Waals surface area contributed by atoms with Crippen molar-refractivity contribution < 1.29 is 9.53 Å². The Morgan fingerprint density at radius 3 is 2.68 bits per heavy atom. The second-order valence-corrected chi connectivity index (χ2v) is 4.97. The van der Waals surface area contributed by atoms with E-state index in [4.69, 9.17) is 10.00 Å². The van der Waals surface area contributed by atoms with Gasteiger partial charge in [-0.15, -0.1) is 0 Å². The molecule has 0 spiro atoms. The third-order valence-corrected chi connectivity index (χ3v) is 3.23. The van der Waals surface area contributed by atoms with E-state index in [1.165, 1.54) is 0 Å². The molecular formula is C18H18N2O2. The lowest BCUT2D eigenvalue weighted by atomic mass is 10.1. The van der Waals surface area contributed by atoms with Gasteiger partial charge in [0, 0.05) is 13.6 Å². The Morgan fingerprint density at radius 2 is 1.95 bits per heavy atom. The van der Waals surface area contributed by atoms with Crippen molar-refractivity contribution in [2.45, 2.75) is 13.0 Å². The molecule has 0 saturated heterocycles. The first-order valence-electron chi connectivity index (χ1n) is 7.10. The fourth-order valence-corrected chi connectivity index (χ4v) is 2.07. The number of carbonyl (C=O) groups excluding carboxylic acids is 1. The lowest BCUT2D eigenvalue weighted by Crippen LogP contribution is -2.27. The van der Waals surface area contributed by atoms with Crippen molar-refractivity contribution in [3.8, 4) is 11.8 Å². The molecule has 0 radical (unpaired) electrons. The number of benzene rings is 2. The molecule has 0 aromatic heterocycles. The van der Waals surface area contributed by atoms with Gasteiger partial charge in [-0.1, -0.05) is 30.3 Å². The fourth-order valence-electron chi connectivity index (χ4n) is 2.07. The molecule has 112 valence electrons. The van der Waals surface area contributed by atoms with E-state index >= 15 is 0 Å². The molecule has 0 heterocycles. The van der Waals surface area contributed by atoms with Gasteiger partial charge in [0.25, 0.3) is 0 Å². The molecule has 0 aliphatic rings. The maximum Gasteiger partial charge on any atom is 0.226 e. The van der Waals surface area contributed by atoms with Gasteiger partial charge in [-0.2, -0.15) is 5.26 Å². The molecule has 4 heteroatoms. The van der Waals surface area contributed by atoms with Crippen LogP contribution in [0.25, 0.3) is 0 Å². The highest BCUT2D eigenvalue weighted by Gasteiger charge is 2.09. The van der Waals surface area contributed by atoms with Crippen LogP contribution < -0.4 is 4.74 Å². The summed E-state index contributed by atoms with van der Waals surface area (Å²) in [4.78, 5) is 13.7. The first-order chi connectivity index (χ1) is 10.7. The Balaban J connectivity index is 1.80. The number of para-hydroxylation sites is 1. The normalized spacial score (nSPS) is 9.82. The molecule has 4 nitrogen and oxygen atoms in total. The molecule has 2 aromatic rings. The number of amides is 1. The summed E-state index contributed by atoms with van der Waals surface area (Å²) in [7, 11) is 1.75. The van der Waals surface area contributed by atoms with Gasteiger partial charge in [-0.3, -0.25) is 4.79 Å². The molecule has 0 atom stereocenters. The van der Waals surface area contributed by atoms with Gasteiger partial charge in [0.15, 0.2) is 0 Å². The van der Waals surface area contributed by atoms with E-state index in [2.05, 4.69) is 6.07 Å². The highest BCUT2D eigenvalue weighted by molar-refractivity contribution is 5.76. The van der Waals surface area contributed by atoms with Gasteiger partial charge in [-0.25, -0.2) is 0 Å². The highest BCUT2D eigenvalue weighted by Crippen LogP contribution is 2.10. The summed E-state index contributed by atoms with van der Waals surface area (Å²) in [6, 6.07) is 18.8. The van der Waals surface area contributed by atoms with Gasteiger partial charge in [0.05, 0.1) is 24.7 Å². The Kier molecular flexibility index (Phi) is 5.56. The van der Waals surface area contributed by atoms with Crippen LogP contribution in [0.2, 0.25) is 0 Å². The molecule has 0 fully saturated rings. The number of carbonyl (C=O) groups is 1. The van der Waals surface area contributed by atoms with E-state index in [0.29, 0.717) is 25.1 Å². The van der Waals surface area contributed by atoms with E-state index < -0.39 is 0 Å². The third-order valence-electron chi connectivity index (χ3n) is 3.23. The number of nitriles is 1. The largest absolute Gasteiger partial charge is 0.493 e. The standard InChI is InChI=1S/C18H18N2O2/c1-20(14-16-7-5-6-15(12-16)13-19)18(21)10-11-22-17-8-3-2-4-9-17/h2-9,12H,10-11,14H2,1H3. The van der Waals surface area contributed by atoms with E-state index in [1.807, 2.05) is 42.5 Å². The minimum absolute atomic E-state index is 0.0123. The summed E-state index contributed by atoms with van der Waals surface area (Å²) in [6.07, 6.45) is 0.323. The van der Waals surface area contributed by atoms with Crippen LogP contribution in [-0.4, -0.2) is 24.5 Å². The van der Waals surface area contributed by atoms with Crippen LogP contribution in [0.15, 0.2) is 54.6 Å². The molecule has 0 N–H and O–H groups in total. The van der Waals surface area contributed by atoms with Crippen molar-refractivity contribution in [1.29, 1.82) is 5.26 Å². The zero-order valence-corrected chi connectivity index (χ0v) is 12.5. The molecule has 2 rings (SSSR count). The van der Waals surface area contributed by atoms with Crippen LogP contribution in [0.4, 0.5) is 0 Å². The average molecular weight is 294 g/mol. The molecule has 0 aliphatic heterocycles. The summed E-state index contributed by atoms with van der Waals surface area (Å²) in [5.74, 6) is 0.776. The lowest BCUT2D eigenvalue weighted by Gasteiger charge is -2.17. The van der Waals surface area contributed by atoms with E-state index in [1.54, 1.807) is 24.1 Å². The molecule has 0 aliphatic carbocycles. The van der Waals surface area contributed by atoms with Crippen molar-refractivity contribution in [1.82, 2.24) is 4.90 Å². The van der Waals surface area contributed by atoms with Crippen LogP contribution in [0.3, 0.4) is 0 Å². The predicted molar refractivity (Wildman–Crippen MR) is 84.2 cm³/mol. The summed E-state index contributed by atoms with van der Waals surface area (Å²) >= 11 is 0. The van der Waals surface area contributed by atoms with Crippen molar-refractivity contribution in [3.63, 3.8) is 0 Å². The molecule has 2 aromatic carbocycles. The molecule has 22 heavy (non-hydrogen) atoms. The second-order valence-electron chi connectivity index (χ2n) is 4.97. The van der Waals surface area contributed by atoms with Crippen LogP contribution in [0.5, 0.6) is 5.75 Å². The Morgan fingerprint density at radius 1 is 1.18 bits per heavy atom. The molecule has 0 unspecified atom stereocenters. The predicted octanol–water partition coefficient (Wildman–Crippen LogP) is 2.99. The first-order valence-corrected chi connectivity index (χ1v) is 7.10. The highest BCUT2D eigenvalue weighted by atomic mass is 16.5. The number of ether oxygens (including phenoxy) is 1. The van der Waals surface area contributed by atoms with Crippen LogP contribution in [0.1, 0.15) is 17.5 Å². The molecular weight excluding hydrogens is 276 g/mol. The molecule has 0 saturated carbocycles. The zero-order valence-electron chi connectivity index (χ0n) is 12.5. The summed E-state index contributed by atoms with van der Waals surface area (Å²) in [5.41, 5.74) is 1.55. The zero-order chi connectivity index (χ0) is 15.8. The van der Waals surface area contributed by atoms with Gasteiger partial charge in [0.1, 0.15) is 5.75 Å². The SMILES string of the molecule is CN(Cc1cccc(C#N)c1)C(=O)CCOc1ccccc1. The van der Waals surface area contributed by atoms with Crippen LogP contribution in [-0.2, 0) is 11.3 Å². The summed E-state index contributed by atoms with van der Waals surface area (Å²) < 4.78 is 5.52. The van der Waals surface area contributed by atoms with Crippen molar-refractivity contribution in [3.05, 3.63) is 65.7 Å². The second kappa shape index (κ2) is 7.84. The maximum absolute atomic E-state index is 12.1. The van der Waals surface area contributed by atoms with E-state index in [0.717, 1.165) is 11.3 Å². The Hall–Kier alpha value is -2.80. The maximum atomic E-state index is 12.1. The Bertz CT molecular complexity index is 662. The minimum atomic E-state index is 0.0123. The smallest absolute Gasteiger partial charge is 0.226 e. The van der Waals surface area contributed by atoms with Gasteiger partial charge >= 0.3 is 0 Å². The number of hydrogen-bond donors (Lipinski definition) is 0.